The van der Waals surface area contributed by atoms with E-state index >= 15 is 0 Å². The molecular weight excluding hydrogens is 451 g/mol. The molecule has 1 aromatic carbocycles. The number of ether oxygens (including phenoxy) is 2. The molecule has 3 rings (SSSR count). The van der Waals surface area contributed by atoms with E-state index in [-0.39, 0.29) is 0 Å². The Kier molecular flexibility index (Phi) is 10.5. The third-order valence-corrected chi connectivity index (χ3v) is 7.98. The molecule has 2 aliphatic carbocycles. The molecule has 2 nitrogen and oxygen atoms in total. The zero-order valence-electron chi connectivity index (χ0n) is 20.3. The van der Waals surface area contributed by atoms with E-state index in [9.17, 15) is 22.0 Å². The summed E-state index contributed by atoms with van der Waals surface area (Å²) in [6.07, 6.45) is 11.0. The fourth-order valence-electron chi connectivity index (χ4n) is 5.92. The van der Waals surface area contributed by atoms with Gasteiger partial charge in [0.25, 0.3) is 0 Å². The van der Waals surface area contributed by atoms with Gasteiger partial charge >= 0.3 is 6.11 Å². The van der Waals surface area contributed by atoms with Gasteiger partial charge in [-0.25, -0.2) is 13.2 Å². The highest BCUT2D eigenvalue weighted by Crippen LogP contribution is 2.46. The molecule has 0 bridgehead atoms. The normalized spacial score (nSPS) is 25.9. The van der Waals surface area contributed by atoms with E-state index in [1.807, 2.05) is 0 Å². The molecule has 2 saturated carbocycles. The molecule has 0 radical (unpaired) electrons. The van der Waals surface area contributed by atoms with Gasteiger partial charge in [0.15, 0.2) is 17.5 Å². The lowest BCUT2D eigenvalue weighted by Crippen LogP contribution is -2.38. The van der Waals surface area contributed by atoms with Crippen molar-refractivity contribution in [1.29, 1.82) is 0 Å². The zero-order chi connectivity index (χ0) is 24.6. The van der Waals surface area contributed by atoms with Gasteiger partial charge in [-0.3, -0.25) is 0 Å². The first-order chi connectivity index (χ1) is 16.3. The highest BCUT2D eigenvalue weighted by atomic mass is 19.3. The molecule has 7 heteroatoms. The zero-order valence-corrected chi connectivity index (χ0v) is 20.3. The van der Waals surface area contributed by atoms with Crippen LogP contribution in [0.4, 0.5) is 22.0 Å². The monoisotopic (exact) mass is 490 g/mol. The fraction of sp³-hybridized carbons (Fsp3) is 0.778. The number of methoxy groups -OCH3 is 1. The van der Waals surface area contributed by atoms with E-state index in [0.717, 1.165) is 31.8 Å². The van der Waals surface area contributed by atoms with Crippen LogP contribution in [0, 0.1) is 41.1 Å². The van der Waals surface area contributed by atoms with Crippen molar-refractivity contribution in [3.05, 3.63) is 29.6 Å². The molecule has 1 aromatic rings. The van der Waals surface area contributed by atoms with Gasteiger partial charge in [0, 0.05) is 25.8 Å². The second-order valence-electron chi connectivity index (χ2n) is 10.3. The maximum absolute atomic E-state index is 14.6. The lowest BCUT2D eigenvalue weighted by Gasteiger charge is -2.39. The maximum atomic E-state index is 14.6. The molecule has 0 spiro atoms. The summed E-state index contributed by atoms with van der Waals surface area (Å²) in [4.78, 5) is 0. The molecular formula is C27H39F5O2. The van der Waals surface area contributed by atoms with E-state index < -0.39 is 35.2 Å². The molecule has 194 valence electrons. The molecule has 0 aliphatic heterocycles. The quantitative estimate of drug-likeness (QED) is 0.166. The highest BCUT2D eigenvalue weighted by Gasteiger charge is 2.45. The second kappa shape index (κ2) is 13.1. The number of halogens is 5. The van der Waals surface area contributed by atoms with Crippen LogP contribution in [0.5, 0.6) is 5.75 Å². The summed E-state index contributed by atoms with van der Waals surface area (Å²) in [5, 5.41) is 0. The molecule has 0 aromatic heterocycles. The number of hydrogen-bond acceptors (Lipinski definition) is 2. The van der Waals surface area contributed by atoms with Gasteiger partial charge in [0.1, 0.15) is 5.75 Å². The molecule has 0 saturated heterocycles. The van der Waals surface area contributed by atoms with Crippen LogP contribution in [0.3, 0.4) is 0 Å². The van der Waals surface area contributed by atoms with E-state index in [2.05, 4.69) is 4.74 Å². The third kappa shape index (κ3) is 7.82. The van der Waals surface area contributed by atoms with Crippen molar-refractivity contribution < 1.29 is 31.4 Å². The summed E-state index contributed by atoms with van der Waals surface area (Å²) in [7, 11) is 1.74. The summed E-state index contributed by atoms with van der Waals surface area (Å²) < 4.78 is 78.8. The van der Waals surface area contributed by atoms with Gasteiger partial charge in [0.2, 0.25) is 0 Å². The molecule has 0 heterocycles. The van der Waals surface area contributed by atoms with Gasteiger partial charge < -0.3 is 9.47 Å². The molecule has 0 N–H and O–H groups in total. The van der Waals surface area contributed by atoms with E-state index in [1.54, 1.807) is 7.11 Å². The van der Waals surface area contributed by atoms with Crippen LogP contribution in [-0.2, 0) is 4.74 Å². The summed E-state index contributed by atoms with van der Waals surface area (Å²) in [5.41, 5.74) is 0. The van der Waals surface area contributed by atoms with Gasteiger partial charge in [-0.15, -0.1) is 0 Å². The Labute approximate surface area is 200 Å². The van der Waals surface area contributed by atoms with Gasteiger partial charge in [0.05, 0.1) is 5.92 Å². The average molecular weight is 491 g/mol. The van der Waals surface area contributed by atoms with Crippen molar-refractivity contribution in [3.63, 3.8) is 0 Å². The van der Waals surface area contributed by atoms with Crippen LogP contribution >= 0.6 is 0 Å². The summed E-state index contributed by atoms with van der Waals surface area (Å²) >= 11 is 0. The second-order valence-corrected chi connectivity index (χ2v) is 10.3. The van der Waals surface area contributed by atoms with Crippen LogP contribution in [0.25, 0.3) is 0 Å². The maximum Gasteiger partial charge on any atom is 0.400 e. The fourth-order valence-corrected chi connectivity index (χ4v) is 5.92. The predicted octanol–water partition coefficient (Wildman–Crippen LogP) is 8.68. The number of benzene rings is 1. The van der Waals surface area contributed by atoms with Crippen LogP contribution < -0.4 is 4.74 Å². The molecule has 2 aliphatic rings. The first-order valence-corrected chi connectivity index (χ1v) is 13.0. The third-order valence-electron chi connectivity index (χ3n) is 7.98. The van der Waals surface area contributed by atoms with Crippen LogP contribution in [0.15, 0.2) is 12.1 Å². The minimum atomic E-state index is -3.54. The Balaban J connectivity index is 1.35. The number of alkyl halides is 2. The van der Waals surface area contributed by atoms with Crippen LogP contribution in [0.1, 0.15) is 89.9 Å². The number of unbranched alkanes of at least 4 members (excludes halogenated alkanes) is 4. The van der Waals surface area contributed by atoms with Gasteiger partial charge in [-0.1, -0.05) is 44.9 Å². The van der Waals surface area contributed by atoms with E-state index in [1.165, 1.54) is 57.8 Å². The standard InChI is InChI=1S/C27H39F5O2/c1-33-16-6-4-2-3-5-7-19-8-10-20(11-9-19)21-12-14-22(15-13-21)27(31,32)34-23-17-24(28)26(30)25(29)18-23/h17-22H,2-16H2,1H3. The molecule has 0 amide bonds. The van der Waals surface area contributed by atoms with Crippen LogP contribution in [-0.4, -0.2) is 19.8 Å². The smallest absolute Gasteiger partial charge is 0.400 e. The first-order valence-electron chi connectivity index (χ1n) is 13.0. The van der Waals surface area contributed by atoms with E-state index in [4.69, 9.17) is 4.74 Å². The first kappa shape index (κ1) is 27.2. The van der Waals surface area contributed by atoms with Crippen molar-refractivity contribution >= 4 is 0 Å². The Bertz CT molecular complexity index is 718. The number of hydrogen-bond donors (Lipinski definition) is 0. The lowest BCUT2D eigenvalue weighted by molar-refractivity contribution is -0.224. The minimum Gasteiger partial charge on any atom is -0.432 e. The lowest BCUT2D eigenvalue weighted by atomic mass is 9.68. The van der Waals surface area contributed by atoms with Crippen molar-refractivity contribution in [2.45, 2.75) is 96.0 Å². The van der Waals surface area contributed by atoms with Crippen molar-refractivity contribution in [2.75, 3.05) is 13.7 Å². The van der Waals surface area contributed by atoms with Crippen molar-refractivity contribution in [2.24, 2.45) is 23.7 Å². The Morgan fingerprint density at radius 3 is 1.88 bits per heavy atom. The Hall–Kier alpha value is -1.37. The highest BCUT2D eigenvalue weighted by molar-refractivity contribution is 5.25. The Morgan fingerprint density at radius 1 is 0.765 bits per heavy atom. The van der Waals surface area contributed by atoms with Crippen molar-refractivity contribution in [1.82, 2.24) is 0 Å². The summed E-state index contributed by atoms with van der Waals surface area (Å²) in [6.45, 7) is 0.852. The van der Waals surface area contributed by atoms with Crippen LogP contribution in [0.2, 0.25) is 0 Å². The number of rotatable bonds is 12. The molecule has 0 unspecified atom stereocenters. The largest absolute Gasteiger partial charge is 0.432 e. The molecule has 2 fully saturated rings. The van der Waals surface area contributed by atoms with Gasteiger partial charge in [-0.2, -0.15) is 8.78 Å². The summed E-state index contributed by atoms with van der Waals surface area (Å²) in [6, 6.07) is 0.940. The summed E-state index contributed by atoms with van der Waals surface area (Å²) in [5.74, 6) is -4.56. The minimum absolute atomic E-state index is 0.326. The van der Waals surface area contributed by atoms with Gasteiger partial charge in [-0.05, 0) is 62.7 Å². The van der Waals surface area contributed by atoms with Crippen molar-refractivity contribution in [3.8, 4) is 5.75 Å². The Morgan fingerprint density at radius 2 is 1.29 bits per heavy atom. The topological polar surface area (TPSA) is 18.5 Å². The predicted molar refractivity (Wildman–Crippen MR) is 122 cm³/mol. The van der Waals surface area contributed by atoms with E-state index in [0.29, 0.717) is 36.8 Å². The average Bonchev–Trinajstić information content (AvgIpc) is 2.82. The molecule has 0 atom stereocenters. The molecule has 34 heavy (non-hydrogen) atoms. The SMILES string of the molecule is COCCCCCCCC1CCC(C2CCC(C(F)(F)Oc3cc(F)c(F)c(F)c3)CC2)CC1.